The number of carboxylic acid groups (broad SMARTS) is 1. The number of hydrogen-bond donors (Lipinski definition) is 1. The van der Waals surface area contributed by atoms with Crippen molar-refractivity contribution in [2.75, 3.05) is 31.5 Å². The largest absolute Gasteiger partial charge is 0.481 e. The van der Waals surface area contributed by atoms with E-state index < -0.39 is 23.3 Å². The first kappa shape index (κ1) is 29.2. The van der Waals surface area contributed by atoms with Crippen molar-refractivity contribution in [3.63, 3.8) is 0 Å². The van der Waals surface area contributed by atoms with Crippen LogP contribution < -0.4 is 4.74 Å². The molecule has 0 saturated heterocycles. The smallest absolute Gasteiger partial charge is 0.434 e. The number of halogens is 4. The lowest BCUT2D eigenvalue weighted by Crippen LogP contribution is -2.43. The van der Waals surface area contributed by atoms with E-state index in [1.54, 1.807) is 18.3 Å². The predicted octanol–water partition coefficient (Wildman–Crippen LogP) is 5.47. The Labute approximate surface area is 231 Å². The fraction of sp³-hybridized carbons (Fsp3) is 0.462. The molecular weight excluding hydrogens is 557 g/mol. The number of hydrogen-bond acceptors (Lipinski definition) is 6. The minimum Gasteiger partial charge on any atom is -0.481 e. The molecule has 0 aliphatic heterocycles. The lowest BCUT2D eigenvalue weighted by Gasteiger charge is -2.36. The van der Waals surface area contributed by atoms with Crippen LogP contribution in [0.25, 0.3) is 22.6 Å². The van der Waals surface area contributed by atoms with Crippen LogP contribution in [0, 0.1) is 12.3 Å². The van der Waals surface area contributed by atoms with E-state index in [0.29, 0.717) is 36.5 Å². The molecule has 1 aliphatic carbocycles. The van der Waals surface area contributed by atoms with Gasteiger partial charge in [0.05, 0.1) is 24.1 Å². The van der Waals surface area contributed by atoms with E-state index in [2.05, 4.69) is 27.5 Å². The average Bonchev–Trinajstić information content (AvgIpc) is 3.25. The number of aromatic nitrogens is 4. The molecule has 13 heteroatoms. The Morgan fingerprint density at radius 1 is 1.23 bits per heavy atom. The molecule has 0 bridgehead atoms. The fourth-order valence-electron chi connectivity index (χ4n) is 4.13. The number of pyridine rings is 2. The first-order chi connectivity index (χ1) is 18.4. The molecule has 1 aliphatic rings. The standard InChI is InChI=1S/C26H28ClF3N4O4S/c1-16-9-21(38-14-25(24(35)36)5-4-6-25)31-12-18(16)17-10-19(27)22(32-11-17)23-33-20(26(28,29)30)13-34(23)15-37-7-8-39(2)3/h9-13H,4-8,14-15H2,1-3H3/p+1. The highest BCUT2D eigenvalue weighted by molar-refractivity contribution is 7.95. The third-order valence-electron chi connectivity index (χ3n) is 6.64. The van der Waals surface area contributed by atoms with E-state index in [4.69, 9.17) is 21.1 Å². The summed E-state index contributed by atoms with van der Waals surface area (Å²) >= 11 is 6.51. The molecule has 39 heavy (non-hydrogen) atoms. The third kappa shape index (κ3) is 6.67. The summed E-state index contributed by atoms with van der Waals surface area (Å²) in [6, 6.07) is 3.29. The van der Waals surface area contributed by atoms with Crippen LogP contribution >= 0.6 is 11.6 Å². The van der Waals surface area contributed by atoms with Gasteiger partial charge < -0.3 is 19.1 Å². The highest BCUT2D eigenvalue weighted by Crippen LogP contribution is 2.41. The molecule has 0 unspecified atom stereocenters. The Hall–Kier alpha value is -2.83. The Kier molecular flexibility index (Phi) is 8.77. The van der Waals surface area contributed by atoms with Crippen molar-refractivity contribution < 1.29 is 32.5 Å². The van der Waals surface area contributed by atoms with Crippen molar-refractivity contribution in [1.82, 2.24) is 19.5 Å². The number of aryl methyl sites for hydroxylation is 1. The van der Waals surface area contributed by atoms with Gasteiger partial charge in [-0.2, -0.15) is 13.2 Å². The summed E-state index contributed by atoms with van der Waals surface area (Å²) in [7, 11) is 0.143. The first-order valence-corrected chi connectivity index (χ1v) is 14.7. The van der Waals surface area contributed by atoms with Crippen LogP contribution in [-0.2, 0) is 33.3 Å². The second-order valence-electron chi connectivity index (χ2n) is 9.76. The molecule has 0 aromatic carbocycles. The summed E-state index contributed by atoms with van der Waals surface area (Å²) in [6.45, 7) is 2.16. The van der Waals surface area contributed by atoms with Crippen molar-refractivity contribution in [3.05, 3.63) is 47.0 Å². The lowest BCUT2D eigenvalue weighted by atomic mass is 9.69. The number of alkyl halides is 3. The molecule has 0 amide bonds. The second kappa shape index (κ2) is 11.7. The summed E-state index contributed by atoms with van der Waals surface area (Å²) in [5.74, 6) is 0.182. The second-order valence-corrected chi connectivity index (χ2v) is 12.6. The van der Waals surface area contributed by atoms with Gasteiger partial charge in [-0.05, 0) is 42.3 Å². The number of aliphatic carboxylic acids is 1. The molecule has 210 valence electrons. The maximum Gasteiger partial charge on any atom is 0.434 e. The highest BCUT2D eigenvalue weighted by Gasteiger charge is 2.45. The van der Waals surface area contributed by atoms with E-state index >= 15 is 0 Å². The van der Waals surface area contributed by atoms with Crippen LogP contribution in [0.5, 0.6) is 5.88 Å². The summed E-state index contributed by atoms with van der Waals surface area (Å²) in [6.07, 6.45) is 5.43. The van der Waals surface area contributed by atoms with Crippen LogP contribution in [-0.4, -0.2) is 62.1 Å². The van der Waals surface area contributed by atoms with Gasteiger partial charge in [0.15, 0.2) is 11.5 Å². The Morgan fingerprint density at radius 3 is 2.54 bits per heavy atom. The van der Waals surface area contributed by atoms with E-state index in [1.807, 2.05) is 6.92 Å². The minimum absolute atomic E-state index is 0.0460. The van der Waals surface area contributed by atoms with E-state index in [-0.39, 0.29) is 40.8 Å². The van der Waals surface area contributed by atoms with Gasteiger partial charge >= 0.3 is 12.1 Å². The Bertz CT molecular complexity index is 1350. The van der Waals surface area contributed by atoms with Crippen LogP contribution in [0.3, 0.4) is 0 Å². The van der Waals surface area contributed by atoms with Gasteiger partial charge in [-0.15, -0.1) is 0 Å². The molecule has 0 atom stereocenters. The number of ether oxygens (including phenoxy) is 2. The Balaban J connectivity index is 1.55. The minimum atomic E-state index is -4.64. The molecule has 0 spiro atoms. The third-order valence-corrected chi connectivity index (χ3v) is 7.91. The zero-order valence-electron chi connectivity index (χ0n) is 21.7. The maximum atomic E-state index is 13.4. The highest BCUT2D eigenvalue weighted by atomic mass is 35.5. The van der Waals surface area contributed by atoms with Crippen molar-refractivity contribution in [1.29, 1.82) is 0 Å². The summed E-state index contributed by atoms with van der Waals surface area (Å²) in [4.78, 5) is 24.0. The molecule has 3 aromatic heterocycles. The predicted molar refractivity (Wildman–Crippen MR) is 143 cm³/mol. The quantitative estimate of drug-likeness (QED) is 0.235. The topological polar surface area (TPSA) is 99.4 Å². The maximum absolute atomic E-state index is 13.4. The Morgan fingerprint density at radius 2 is 1.97 bits per heavy atom. The van der Waals surface area contributed by atoms with Crippen molar-refractivity contribution in [3.8, 4) is 28.5 Å². The number of rotatable bonds is 11. The number of carbonyl (C=O) groups is 1. The molecule has 1 fully saturated rings. The molecule has 3 heterocycles. The van der Waals surface area contributed by atoms with Gasteiger partial charge in [-0.1, -0.05) is 18.0 Å². The lowest BCUT2D eigenvalue weighted by molar-refractivity contribution is -0.157. The molecule has 3 aromatic rings. The van der Waals surface area contributed by atoms with Crippen LogP contribution in [0.15, 0.2) is 30.7 Å². The number of carboxylic acids is 1. The molecule has 0 radical (unpaired) electrons. The zero-order valence-corrected chi connectivity index (χ0v) is 23.3. The van der Waals surface area contributed by atoms with Gasteiger partial charge in [0.25, 0.3) is 0 Å². The van der Waals surface area contributed by atoms with Gasteiger partial charge in [-0.3, -0.25) is 9.78 Å². The molecule has 1 saturated carbocycles. The van der Waals surface area contributed by atoms with Crippen molar-refractivity contribution in [2.45, 2.75) is 39.1 Å². The molecule has 8 nitrogen and oxygen atoms in total. The van der Waals surface area contributed by atoms with Crippen LogP contribution in [0.2, 0.25) is 5.02 Å². The van der Waals surface area contributed by atoms with Gasteiger partial charge in [0.2, 0.25) is 5.88 Å². The van der Waals surface area contributed by atoms with E-state index in [1.165, 1.54) is 10.8 Å². The average molecular weight is 586 g/mol. The fourth-order valence-corrected chi connectivity index (χ4v) is 4.83. The van der Waals surface area contributed by atoms with Crippen molar-refractivity contribution in [2.24, 2.45) is 5.41 Å². The normalized spacial score (nSPS) is 14.9. The van der Waals surface area contributed by atoms with Gasteiger partial charge in [0, 0.05) is 35.8 Å². The number of nitrogens with zero attached hydrogens (tertiary/aromatic N) is 4. The van der Waals surface area contributed by atoms with Crippen molar-refractivity contribution >= 4 is 28.5 Å². The van der Waals surface area contributed by atoms with Crippen LogP contribution in [0.1, 0.15) is 30.5 Å². The van der Waals surface area contributed by atoms with Crippen LogP contribution in [0.4, 0.5) is 13.2 Å². The monoisotopic (exact) mass is 585 g/mol. The molecule has 1 N–H and O–H groups in total. The van der Waals surface area contributed by atoms with Gasteiger partial charge in [-0.25, -0.2) is 9.97 Å². The summed E-state index contributed by atoms with van der Waals surface area (Å²) < 4.78 is 52.8. The molecular formula is C26H29ClF3N4O4S+. The molecule has 4 rings (SSSR count). The van der Waals surface area contributed by atoms with E-state index in [9.17, 15) is 23.1 Å². The number of imidazole rings is 1. The zero-order chi connectivity index (χ0) is 28.4. The van der Waals surface area contributed by atoms with Gasteiger partial charge in [0.1, 0.15) is 30.2 Å². The van der Waals surface area contributed by atoms with E-state index in [0.717, 1.165) is 23.9 Å². The SMILES string of the molecule is Cc1cc(OCC2(C(=O)O)CCC2)ncc1-c1cnc(-c2nc(C(F)(F)F)cn2COCC[S+](C)C)c(Cl)c1. The first-order valence-electron chi connectivity index (χ1n) is 12.1. The summed E-state index contributed by atoms with van der Waals surface area (Å²) in [5, 5.41) is 9.60. The summed E-state index contributed by atoms with van der Waals surface area (Å²) in [5.41, 5.74) is 0.246.